The van der Waals surface area contributed by atoms with Crippen molar-refractivity contribution in [2.45, 2.75) is 6.92 Å². The van der Waals surface area contributed by atoms with E-state index in [1.807, 2.05) is 0 Å². The third-order valence-electron chi connectivity index (χ3n) is 2.18. The number of carbonyl (C=O) groups is 1. The summed E-state index contributed by atoms with van der Waals surface area (Å²) in [6.07, 6.45) is -0.520. The molecule has 0 saturated heterocycles. The molecule has 1 aliphatic heterocycles. The average molecular weight is 239 g/mol. The molecule has 92 valence electrons. The lowest BCUT2D eigenvalue weighted by molar-refractivity contribution is 0.168. The highest BCUT2D eigenvalue weighted by Crippen LogP contribution is 2.43. The molecule has 0 spiro atoms. The number of amides is 1. The molecule has 0 radical (unpaired) electrons. The van der Waals surface area contributed by atoms with Crippen LogP contribution in [0.4, 0.5) is 10.5 Å². The van der Waals surface area contributed by atoms with Gasteiger partial charge in [-0.25, -0.2) is 4.79 Å². The van der Waals surface area contributed by atoms with Crippen LogP contribution in [0.25, 0.3) is 0 Å². The van der Waals surface area contributed by atoms with Gasteiger partial charge in [-0.3, -0.25) is 5.32 Å². The van der Waals surface area contributed by atoms with E-state index in [1.165, 1.54) is 7.11 Å². The maximum atomic E-state index is 11.3. The second-order valence-corrected chi connectivity index (χ2v) is 3.26. The minimum absolute atomic E-state index is 0.147. The Hall–Kier alpha value is -2.11. The highest BCUT2D eigenvalue weighted by Gasteiger charge is 2.20. The minimum atomic E-state index is -0.520. The first-order chi connectivity index (χ1) is 8.24. The Balaban J connectivity index is 2.21. The summed E-state index contributed by atoms with van der Waals surface area (Å²) in [5, 5.41) is 2.57. The quantitative estimate of drug-likeness (QED) is 0.873. The van der Waals surface area contributed by atoms with Gasteiger partial charge in [0.1, 0.15) is 0 Å². The van der Waals surface area contributed by atoms with Gasteiger partial charge in [0.2, 0.25) is 12.5 Å². The average Bonchev–Trinajstić information content (AvgIpc) is 2.76. The zero-order chi connectivity index (χ0) is 12.3. The van der Waals surface area contributed by atoms with Crippen molar-refractivity contribution in [3.63, 3.8) is 0 Å². The first-order valence-electron chi connectivity index (χ1n) is 5.16. The molecule has 0 bridgehead atoms. The van der Waals surface area contributed by atoms with E-state index in [1.54, 1.807) is 19.1 Å². The van der Waals surface area contributed by atoms with Crippen molar-refractivity contribution in [2.24, 2.45) is 0 Å². The van der Waals surface area contributed by atoms with Gasteiger partial charge in [0.15, 0.2) is 11.5 Å². The Bertz CT molecular complexity index is 432. The molecule has 1 heterocycles. The lowest BCUT2D eigenvalue weighted by atomic mass is 10.2. The number of methoxy groups -OCH3 is 1. The van der Waals surface area contributed by atoms with Crippen LogP contribution >= 0.6 is 0 Å². The fraction of sp³-hybridized carbons (Fsp3) is 0.364. The van der Waals surface area contributed by atoms with E-state index in [9.17, 15) is 4.79 Å². The second kappa shape index (κ2) is 4.82. The van der Waals surface area contributed by atoms with Gasteiger partial charge in [-0.1, -0.05) is 0 Å². The first-order valence-corrected chi connectivity index (χ1v) is 5.16. The molecule has 0 aromatic heterocycles. The van der Waals surface area contributed by atoms with Crippen LogP contribution in [0.2, 0.25) is 0 Å². The van der Waals surface area contributed by atoms with Crippen molar-refractivity contribution in [3.8, 4) is 17.2 Å². The molecule has 1 amide bonds. The molecule has 1 aromatic carbocycles. The van der Waals surface area contributed by atoms with Crippen molar-refractivity contribution < 1.29 is 23.7 Å². The molecule has 0 aliphatic carbocycles. The largest absolute Gasteiger partial charge is 0.493 e. The third-order valence-corrected chi connectivity index (χ3v) is 2.18. The van der Waals surface area contributed by atoms with E-state index >= 15 is 0 Å². The second-order valence-electron chi connectivity index (χ2n) is 3.26. The van der Waals surface area contributed by atoms with Gasteiger partial charge in [-0.05, 0) is 6.92 Å². The summed E-state index contributed by atoms with van der Waals surface area (Å²) in [5.74, 6) is 1.59. The summed E-state index contributed by atoms with van der Waals surface area (Å²) < 4.78 is 20.4. The van der Waals surface area contributed by atoms with Crippen LogP contribution < -0.4 is 19.5 Å². The highest BCUT2D eigenvalue weighted by molar-refractivity contribution is 5.86. The SMILES string of the molecule is CCOC(=O)Nc1cc(OC)c2c(c1)OCO2. The van der Waals surface area contributed by atoms with Gasteiger partial charge in [0.05, 0.1) is 19.4 Å². The standard InChI is InChI=1S/C11H13NO5/c1-3-15-11(13)12-7-4-8(14-2)10-9(5-7)16-6-17-10/h4-5H,3,6H2,1-2H3,(H,12,13). The molecule has 2 rings (SSSR count). The van der Waals surface area contributed by atoms with Crippen molar-refractivity contribution >= 4 is 11.8 Å². The van der Waals surface area contributed by atoms with E-state index < -0.39 is 6.09 Å². The van der Waals surface area contributed by atoms with E-state index in [4.69, 9.17) is 18.9 Å². The number of ether oxygens (including phenoxy) is 4. The highest BCUT2D eigenvalue weighted by atomic mass is 16.7. The predicted octanol–water partition coefficient (Wildman–Crippen LogP) is 1.99. The van der Waals surface area contributed by atoms with Crippen LogP contribution in [-0.4, -0.2) is 26.6 Å². The van der Waals surface area contributed by atoms with Gasteiger partial charge in [0, 0.05) is 12.1 Å². The normalized spacial score (nSPS) is 12.1. The molecule has 6 heteroatoms. The van der Waals surface area contributed by atoms with E-state index in [2.05, 4.69) is 5.32 Å². The van der Waals surface area contributed by atoms with Crippen LogP contribution in [0.3, 0.4) is 0 Å². The topological polar surface area (TPSA) is 66.0 Å². The molecule has 0 fully saturated rings. The summed E-state index contributed by atoms with van der Waals surface area (Å²) in [4.78, 5) is 11.3. The molecule has 0 atom stereocenters. The number of carbonyl (C=O) groups excluding carboxylic acids is 1. The van der Waals surface area contributed by atoms with Crippen molar-refractivity contribution in [3.05, 3.63) is 12.1 Å². The van der Waals surface area contributed by atoms with Crippen LogP contribution in [0.1, 0.15) is 6.92 Å². The third kappa shape index (κ3) is 2.35. The maximum absolute atomic E-state index is 11.3. The molecule has 17 heavy (non-hydrogen) atoms. The summed E-state index contributed by atoms with van der Waals surface area (Å²) >= 11 is 0. The molecule has 0 unspecified atom stereocenters. The van der Waals surface area contributed by atoms with E-state index in [0.717, 1.165) is 0 Å². The van der Waals surface area contributed by atoms with Gasteiger partial charge < -0.3 is 18.9 Å². The number of fused-ring (bicyclic) bond motifs is 1. The lowest BCUT2D eigenvalue weighted by Crippen LogP contribution is -2.13. The fourth-order valence-electron chi connectivity index (χ4n) is 1.49. The fourth-order valence-corrected chi connectivity index (χ4v) is 1.49. The van der Waals surface area contributed by atoms with E-state index in [0.29, 0.717) is 29.5 Å². The molecule has 0 saturated carbocycles. The number of hydrogen-bond acceptors (Lipinski definition) is 5. The van der Waals surface area contributed by atoms with Crippen LogP contribution in [-0.2, 0) is 4.74 Å². The Morgan fingerprint density at radius 1 is 1.47 bits per heavy atom. The molecule has 6 nitrogen and oxygen atoms in total. The van der Waals surface area contributed by atoms with Crippen molar-refractivity contribution in [1.82, 2.24) is 0 Å². The number of rotatable bonds is 3. The van der Waals surface area contributed by atoms with Gasteiger partial charge in [-0.2, -0.15) is 0 Å². The van der Waals surface area contributed by atoms with Crippen LogP contribution in [0.5, 0.6) is 17.2 Å². The zero-order valence-corrected chi connectivity index (χ0v) is 9.61. The summed E-state index contributed by atoms with van der Waals surface area (Å²) in [6, 6.07) is 3.30. The summed E-state index contributed by atoms with van der Waals surface area (Å²) in [7, 11) is 1.52. The Morgan fingerprint density at radius 2 is 2.29 bits per heavy atom. The molecule has 1 aromatic rings. The predicted molar refractivity (Wildman–Crippen MR) is 59.8 cm³/mol. The molecule has 1 N–H and O–H groups in total. The summed E-state index contributed by atoms with van der Waals surface area (Å²) in [5.41, 5.74) is 0.532. The number of benzene rings is 1. The molecular weight excluding hydrogens is 226 g/mol. The Morgan fingerprint density at radius 3 is 3.00 bits per heavy atom. The molecular formula is C11H13NO5. The molecule has 1 aliphatic rings. The maximum Gasteiger partial charge on any atom is 0.411 e. The van der Waals surface area contributed by atoms with Gasteiger partial charge >= 0.3 is 6.09 Å². The van der Waals surface area contributed by atoms with E-state index in [-0.39, 0.29) is 6.79 Å². The van der Waals surface area contributed by atoms with Crippen LogP contribution in [0, 0.1) is 0 Å². The number of nitrogens with one attached hydrogen (secondary N) is 1. The lowest BCUT2D eigenvalue weighted by Gasteiger charge is -2.09. The zero-order valence-electron chi connectivity index (χ0n) is 9.61. The Kier molecular flexibility index (Phi) is 3.22. The number of hydrogen-bond donors (Lipinski definition) is 1. The first kappa shape index (κ1) is 11.4. The summed E-state index contributed by atoms with van der Waals surface area (Å²) in [6.45, 7) is 2.20. The smallest absolute Gasteiger partial charge is 0.411 e. The van der Waals surface area contributed by atoms with Gasteiger partial charge in [-0.15, -0.1) is 0 Å². The monoisotopic (exact) mass is 239 g/mol. The minimum Gasteiger partial charge on any atom is -0.493 e. The van der Waals surface area contributed by atoms with Crippen molar-refractivity contribution in [2.75, 3.05) is 25.8 Å². The Labute approximate surface area is 98.4 Å². The number of anilines is 1. The van der Waals surface area contributed by atoms with Crippen LogP contribution in [0.15, 0.2) is 12.1 Å². The van der Waals surface area contributed by atoms with Crippen molar-refractivity contribution in [1.29, 1.82) is 0 Å². The van der Waals surface area contributed by atoms with Gasteiger partial charge in [0.25, 0.3) is 0 Å².